The van der Waals surface area contributed by atoms with Crippen LogP contribution in [0.3, 0.4) is 0 Å². The molecule has 0 heterocycles. The first kappa shape index (κ1) is 21.4. The van der Waals surface area contributed by atoms with Gasteiger partial charge in [0.15, 0.2) is 5.92 Å². The molecule has 0 saturated carbocycles. The van der Waals surface area contributed by atoms with Gasteiger partial charge in [-0.2, -0.15) is 0 Å². The van der Waals surface area contributed by atoms with Gasteiger partial charge in [-0.1, -0.05) is 61.2 Å². The maximum Gasteiger partial charge on any atom is 0.321 e. The molecule has 0 radical (unpaired) electrons. The summed E-state index contributed by atoms with van der Waals surface area (Å²) in [6.07, 6.45) is 1.99. The van der Waals surface area contributed by atoms with Crippen LogP contribution in [-0.4, -0.2) is 17.5 Å². The fraction of sp³-hybridized carbons (Fsp3) is 0.333. The maximum absolute atomic E-state index is 12.7. The van der Waals surface area contributed by atoms with Crippen molar-refractivity contribution in [3.05, 3.63) is 77.4 Å². The van der Waals surface area contributed by atoms with Crippen LogP contribution in [0.4, 0.5) is 0 Å². The zero-order valence-corrected chi connectivity index (χ0v) is 17.0. The zero-order valence-electron chi connectivity index (χ0n) is 17.0. The van der Waals surface area contributed by atoms with E-state index < -0.39 is 23.5 Å². The van der Waals surface area contributed by atoms with E-state index in [9.17, 15) is 9.59 Å². The smallest absolute Gasteiger partial charge is 0.321 e. The van der Waals surface area contributed by atoms with E-state index >= 15 is 0 Å². The van der Waals surface area contributed by atoms with Crippen LogP contribution < -0.4 is 0 Å². The van der Waals surface area contributed by atoms with Crippen molar-refractivity contribution in [2.24, 2.45) is 5.92 Å². The first-order valence-corrected chi connectivity index (χ1v) is 9.35. The van der Waals surface area contributed by atoms with Crippen LogP contribution in [0.2, 0.25) is 0 Å². The molecule has 0 fully saturated rings. The summed E-state index contributed by atoms with van der Waals surface area (Å²) in [5.74, 6) is -2.17. The lowest BCUT2D eigenvalue weighted by molar-refractivity contribution is -0.169. The van der Waals surface area contributed by atoms with Crippen LogP contribution in [0.1, 0.15) is 43.0 Å². The van der Waals surface area contributed by atoms with Gasteiger partial charge in [0, 0.05) is 0 Å². The molecule has 28 heavy (non-hydrogen) atoms. The number of carbonyl (C=O) groups excluding carboxylic acids is 2. The average Bonchev–Trinajstić information content (AvgIpc) is 2.64. The summed E-state index contributed by atoms with van der Waals surface area (Å²) in [4.78, 5) is 25.5. The third kappa shape index (κ3) is 6.38. The second kappa shape index (κ2) is 9.36. The normalized spacial score (nSPS) is 12.1. The summed E-state index contributed by atoms with van der Waals surface area (Å²) in [5, 5.41) is 0. The fourth-order valence-corrected chi connectivity index (χ4v) is 2.76. The highest BCUT2D eigenvalue weighted by atomic mass is 16.6. The standard InChI is InChI=1S/C24H28O4/c1-6-18-12-13-20(17(2)14-18)15-21(23(26)28-24(3,4)5)22(25)27-16-19-10-8-7-9-11-19/h6-14,21H,1,15-16H2,2-5H3. The van der Waals surface area contributed by atoms with Crippen LogP contribution in [0.15, 0.2) is 55.1 Å². The van der Waals surface area contributed by atoms with Crippen molar-refractivity contribution < 1.29 is 19.1 Å². The lowest BCUT2D eigenvalue weighted by atomic mass is 9.94. The fourth-order valence-electron chi connectivity index (χ4n) is 2.76. The van der Waals surface area contributed by atoms with Crippen LogP contribution in [-0.2, 0) is 32.1 Å². The summed E-state index contributed by atoms with van der Waals surface area (Å²) in [7, 11) is 0. The highest BCUT2D eigenvalue weighted by molar-refractivity contribution is 5.95. The van der Waals surface area contributed by atoms with Crippen molar-refractivity contribution in [2.45, 2.75) is 46.3 Å². The lowest BCUT2D eigenvalue weighted by Crippen LogP contribution is -2.35. The Labute approximate surface area is 167 Å². The first-order chi connectivity index (χ1) is 13.2. The van der Waals surface area contributed by atoms with E-state index in [2.05, 4.69) is 6.58 Å². The number of ether oxygens (including phenoxy) is 2. The van der Waals surface area contributed by atoms with Crippen LogP contribution in [0.25, 0.3) is 6.08 Å². The number of carbonyl (C=O) groups is 2. The minimum atomic E-state index is -1.02. The van der Waals surface area contributed by atoms with E-state index in [1.54, 1.807) is 26.8 Å². The summed E-state index contributed by atoms with van der Waals surface area (Å²) in [6.45, 7) is 11.2. The molecule has 2 rings (SSSR count). The predicted molar refractivity (Wildman–Crippen MR) is 111 cm³/mol. The summed E-state index contributed by atoms with van der Waals surface area (Å²) < 4.78 is 10.9. The Hall–Kier alpha value is -2.88. The van der Waals surface area contributed by atoms with Crippen molar-refractivity contribution in [1.29, 1.82) is 0 Å². The molecular weight excluding hydrogens is 352 g/mol. The molecule has 0 amide bonds. The molecule has 0 aliphatic rings. The number of esters is 2. The zero-order chi connectivity index (χ0) is 20.7. The molecule has 4 heteroatoms. The van der Waals surface area contributed by atoms with E-state index in [-0.39, 0.29) is 13.0 Å². The first-order valence-electron chi connectivity index (χ1n) is 9.35. The van der Waals surface area contributed by atoms with E-state index in [1.807, 2.05) is 55.5 Å². The summed E-state index contributed by atoms with van der Waals surface area (Å²) >= 11 is 0. The molecule has 0 bridgehead atoms. The Bertz CT molecular complexity index is 831. The van der Waals surface area contributed by atoms with Crippen molar-refractivity contribution in [3.8, 4) is 0 Å². The number of aryl methyl sites for hydroxylation is 1. The Balaban J connectivity index is 2.19. The third-order valence-corrected chi connectivity index (χ3v) is 4.23. The van der Waals surface area contributed by atoms with Crippen molar-refractivity contribution in [1.82, 2.24) is 0 Å². The Kier molecular flexibility index (Phi) is 7.16. The molecule has 148 valence electrons. The number of hydrogen-bond donors (Lipinski definition) is 0. The maximum atomic E-state index is 12.7. The molecule has 0 aliphatic heterocycles. The van der Waals surface area contributed by atoms with Gasteiger partial charge in [-0.05, 0) is 56.4 Å². The van der Waals surface area contributed by atoms with Crippen LogP contribution >= 0.6 is 0 Å². The molecular formula is C24H28O4. The van der Waals surface area contributed by atoms with Gasteiger partial charge in [-0.15, -0.1) is 0 Å². The summed E-state index contributed by atoms with van der Waals surface area (Å²) in [6, 6.07) is 15.2. The quantitative estimate of drug-likeness (QED) is 0.507. The highest BCUT2D eigenvalue weighted by Gasteiger charge is 2.33. The van der Waals surface area contributed by atoms with Crippen LogP contribution in [0, 0.1) is 12.8 Å². The van der Waals surface area contributed by atoms with Crippen LogP contribution in [0.5, 0.6) is 0 Å². The minimum Gasteiger partial charge on any atom is -0.460 e. The van der Waals surface area contributed by atoms with E-state index in [4.69, 9.17) is 9.47 Å². The molecule has 0 N–H and O–H groups in total. The second-order valence-corrected chi connectivity index (χ2v) is 7.77. The van der Waals surface area contributed by atoms with Gasteiger partial charge in [-0.25, -0.2) is 0 Å². The third-order valence-electron chi connectivity index (χ3n) is 4.23. The molecule has 2 aromatic carbocycles. The topological polar surface area (TPSA) is 52.6 Å². The van der Waals surface area contributed by atoms with Crippen molar-refractivity contribution in [2.75, 3.05) is 0 Å². The van der Waals surface area contributed by atoms with Gasteiger partial charge in [0.25, 0.3) is 0 Å². The Morgan fingerprint density at radius 1 is 1.07 bits per heavy atom. The van der Waals surface area contributed by atoms with Gasteiger partial charge >= 0.3 is 11.9 Å². The van der Waals surface area contributed by atoms with E-state index in [0.29, 0.717) is 0 Å². The molecule has 0 aliphatic carbocycles. The van der Waals surface area contributed by atoms with Crippen molar-refractivity contribution >= 4 is 18.0 Å². The van der Waals surface area contributed by atoms with Gasteiger partial charge in [-0.3, -0.25) is 9.59 Å². The molecule has 1 unspecified atom stereocenters. The van der Waals surface area contributed by atoms with E-state index in [0.717, 1.165) is 22.3 Å². The Morgan fingerprint density at radius 2 is 1.75 bits per heavy atom. The number of rotatable bonds is 7. The van der Waals surface area contributed by atoms with Gasteiger partial charge in [0.2, 0.25) is 0 Å². The molecule has 0 aromatic heterocycles. The lowest BCUT2D eigenvalue weighted by Gasteiger charge is -2.23. The number of benzene rings is 2. The second-order valence-electron chi connectivity index (χ2n) is 7.77. The molecule has 1 atom stereocenters. The average molecular weight is 380 g/mol. The minimum absolute atomic E-state index is 0.118. The molecule has 4 nitrogen and oxygen atoms in total. The predicted octanol–water partition coefficient (Wildman–Crippen LogP) is 4.88. The molecule has 0 saturated heterocycles. The monoisotopic (exact) mass is 380 g/mol. The largest absolute Gasteiger partial charge is 0.460 e. The molecule has 2 aromatic rings. The van der Waals surface area contributed by atoms with E-state index in [1.165, 1.54) is 0 Å². The Morgan fingerprint density at radius 3 is 2.32 bits per heavy atom. The highest BCUT2D eigenvalue weighted by Crippen LogP contribution is 2.21. The summed E-state index contributed by atoms with van der Waals surface area (Å²) in [5.41, 5.74) is 3.06. The van der Waals surface area contributed by atoms with Crippen molar-refractivity contribution in [3.63, 3.8) is 0 Å². The van der Waals surface area contributed by atoms with Gasteiger partial charge in [0.05, 0.1) is 0 Å². The molecule has 0 spiro atoms. The number of hydrogen-bond acceptors (Lipinski definition) is 4. The van der Waals surface area contributed by atoms with Gasteiger partial charge < -0.3 is 9.47 Å². The SMILES string of the molecule is C=Cc1ccc(CC(C(=O)OCc2ccccc2)C(=O)OC(C)(C)C)c(C)c1. The van der Waals surface area contributed by atoms with Gasteiger partial charge in [0.1, 0.15) is 12.2 Å².